The largest absolute Gasteiger partial charge is 3.00 e. The van der Waals surface area contributed by atoms with Crippen molar-refractivity contribution in [3.63, 3.8) is 0 Å². The molecule has 32 valence electrons. The van der Waals surface area contributed by atoms with E-state index in [2.05, 4.69) is 0 Å². The summed E-state index contributed by atoms with van der Waals surface area (Å²) in [5.74, 6) is 0. The van der Waals surface area contributed by atoms with Gasteiger partial charge in [0.15, 0.2) is 0 Å². The van der Waals surface area contributed by atoms with Crippen LogP contribution in [0.5, 0.6) is 0 Å². The van der Waals surface area contributed by atoms with Gasteiger partial charge in [-0.05, 0) is 6.16 Å². The second kappa shape index (κ2) is 8.83. The average Bonchev–Trinajstić information content (AvgIpc) is 0.811. The van der Waals surface area contributed by atoms with Gasteiger partial charge >= 0.3 is 17.4 Å². The minimum absolute atomic E-state index is 0. The van der Waals surface area contributed by atoms with Crippen molar-refractivity contribution in [2.45, 2.75) is 0 Å². The van der Waals surface area contributed by atoms with Crippen molar-refractivity contribution in [3.8, 4) is 0 Å². The molecule has 0 aromatic heterocycles. The summed E-state index contributed by atoms with van der Waals surface area (Å²) in [5.41, 5.74) is 0. The van der Waals surface area contributed by atoms with Crippen LogP contribution in [0.2, 0.25) is 0 Å². The Kier molecular flexibility index (Phi) is 25.3. The fraction of sp³-hybridized carbons (Fsp3) is 0. The molecule has 0 fully saturated rings. The fourth-order valence-corrected chi connectivity index (χ4v) is 0. The maximum atomic E-state index is 8.33. The molecular formula is CAlFO3. The second-order valence-electron chi connectivity index (χ2n) is 0.250. The van der Waals surface area contributed by atoms with Crippen LogP contribution in [0.25, 0.3) is 0 Å². The molecule has 5 heteroatoms. The maximum Gasteiger partial charge on any atom is 3.00 e. The van der Waals surface area contributed by atoms with Crippen LogP contribution in [0.15, 0.2) is 0 Å². The van der Waals surface area contributed by atoms with Gasteiger partial charge in [-0.1, -0.05) is 0 Å². The second-order valence-corrected chi connectivity index (χ2v) is 0.250. The molecular weight excluding hydrogens is 106 g/mol. The number of carbonyl (C=O) groups is 1. The summed E-state index contributed by atoms with van der Waals surface area (Å²) in [6, 6.07) is 0. The van der Waals surface area contributed by atoms with Gasteiger partial charge in [0.2, 0.25) is 0 Å². The molecule has 0 saturated carbocycles. The first-order valence-electron chi connectivity index (χ1n) is 0.612. The molecule has 0 heterocycles. The predicted molar refractivity (Wildman–Crippen MR) is 11.1 cm³/mol. The number of carbonyl (C=O) groups excluding carboxylic acids is 1. The third-order valence-electron chi connectivity index (χ3n) is 0. The zero-order valence-electron chi connectivity index (χ0n) is 2.68. The molecule has 0 rings (SSSR count). The predicted octanol–water partition coefficient (Wildman–Crippen LogP) is -5.82. The maximum absolute atomic E-state index is 8.33. The van der Waals surface area contributed by atoms with E-state index in [0.29, 0.717) is 0 Å². The summed E-state index contributed by atoms with van der Waals surface area (Å²) in [7, 11) is 0. The van der Waals surface area contributed by atoms with Crippen LogP contribution in [-0.4, -0.2) is 23.5 Å². The third kappa shape index (κ3) is 389. The average molecular weight is 106 g/mol. The molecule has 0 atom stereocenters. The van der Waals surface area contributed by atoms with Crippen molar-refractivity contribution in [3.05, 3.63) is 0 Å². The van der Waals surface area contributed by atoms with E-state index in [1.54, 1.807) is 0 Å². The molecule has 6 heavy (non-hydrogen) atoms. The molecule has 0 aromatic rings. The van der Waals surface area contributed by atoms with Crippen LogP contribution in [-0.2, 0) is 0 Å². The van der Waals surface area contributed by atoms with Gasteiger partial charge < -0.3 is 19.7 Å². The third-order valence-corrected chi connectivity index (χ3v) is 0. The van der Waals surface area contributed by atoms with Gasteiger partial charge in [0.05, 0.1) is 0 Å². The Bertz CT molecular complexity index is 33.8. The topological polar surface area (TPSA) is 63.2 Å². The van der Waals surface area contributed by atoms with E-state index in [-0.39, 0.29) is 22.1 Å². The Hall–Kier alpha value is -0.268. The van der Waals surface area contributed by atoms with Gasteiger partial charge in [-0.25, -0.2) is 0 Å². The smallest absolute Gasteiger partial charge is 1.00 e. The number of rotatable bonds is 0. The minimum atomic E-state index is -2.33. The van der Waals surface area contributed by atoms with Gasteiger partial charge in [-0.3, -0.25) is 0 Å². The van der Waals surface area contributed by atoms with E-state index in [0.717, 1.165) is 0 Å². The van der Waals surface area contributed by atoms with Crippen molar-refractivity contribution >= 4 is 23.5 Å². The first-order valence-corrected chi connectivity index (χ1v) is 0.612. The van der Waals surface area contributed by atoms with E-state index in [4.69, 9.17) is 15.0 Å². The molecule has 0 unspecified atom stereocenters. The molecule has 0 radical (unpaired) electrons. The SMILES string of the molecule is O=C([O-])[O-].[Al+3].[F-]. The van der Waals surface area contributed by atoms with Gasteiger partial charge in [0, 0.05) is 0 Å². The van der Waals surface area contributed by atoms with Crippen LogP contribution in [0.3, 0.4) is 0 Å². The van der Waals surface area contributed by atoms with Crippen LogP contribution in [0, 0.1) is 0 Å². The molecule has 0 aliphatic heterocycles. The van der Waals surface area contributed by atoms with Crippen molar-refractivity contribution in [2.75, 3.05) is 0 Å². The zero-order chi connectivity index (χ0) is 3.58. The molecule has 0 saturated heterocycles. The Labute approximate surface area is 44.1 Å². The first-order chi connectivity index (χ1) is 1.73. The van der Waals surface area contributed by atoms with Crippen LogP contribution in [0.4, 0.5) is 4.79 Å². The number of halogens is 1. The van der Waals surface area contributed by atoms with E-state index in [9.17, 15) is 0 Å². The van der Waals surface area contributed by atoms with E-state index in [1.165, 1.54) is 0 Å². The van der Waals surface area contributed by atoms with Gasteiger partial charge in [0.1, 0.15) is 0 Å². The van der Waals surface area contributed by atoms with Crippen molar-refractivity contribution in [1.29, 1.82) is 0 Å². The molecule has 0 spiro atoms. The normalized spacial score (nSPS) is 4.00. The summed E-state index contributed by atoms with van der Waals surface area (Å²) in [5, 5.41) is 16.7. The monoisotopic (exact) mass is 106 g/mol. The van der Waals surface area contributed by atoms with Gasteiger partial charge in [-0.2, -0.15) is 0 Å². The number of hydrogen-bond donors (Lipinski definition) is 0. The Balaban J connectivity index is -0.0000000450. The summed E-state index contributed by atoms with van der Waals surface area (Å²) < 4.78 is 0. The number of carboxylic acid groups (broad SMARTS) is 2. The molecule has 3 nitrogen and oxygen atoms in total. The molecule has 0 N–H and O–H groups in total. The zero-order valence-corrected chi connectivity index (χ0v) is 3.83. The van der Waals surface area contributed by atoms with E-state index < -0.39 is 6.16 Å². The fourth-order valence-electron chi connectivity index (χ4n) is 0. The number of hydrogen-bond acceptors (Lipinski definition) is 3. The minimum Gasteiger partial charge on any atom is -1.00 e. The molecule has 0 aliphatic carbocycles. The molecule has 0 aromatic carbocycles. The Morgan fingerprint density at radius 3 is 1.33 bits per heavy atom. The Morgan fingerprint density at radius 2 is 1.33 bits per heavy atom. The molecule has 0 amide bonds. The summed E-state index contributed by atoms with van der Waals surface area (Å²) in [4.78, 5) is 8.33. The van der Waals surface area contributed by atoms with Crippen LogP contribution in [0.1, 0.15) is 0 Å². The van der Waals surface area contributed by atoms with Crippen molar-refractivity contribution in [1.82, 2.24) is 0 Å². The van der Waals surface area contributed by atoms with E-state index >= 15 is 0 Å². The van der Waals surface area contributed by atoms with Crippen LogP contribution < -0.4 is 14.9 Å². The summed E-state index contributed by atoms with van der Waals surface area (Å²) >= 11 is 0. The van der Waals surface area contributed by atoms with Crippen LogP contribution >= 0.6 is 0 Å². The quantitative estimate of drug-likeness (QED) is 0.289. The molecule has 0 aliphatic rings. The molecule has 0 bridgehead atoms. The van der Waals surface area contributed by atoms with Crippen molar-refractivity contribution < 1.29 is 19.7 Å². The van der Waals surface area contributed by atoms with E-state index in [1.807, 2.05) is 0 Å². The van der Waals surface area contributed by atoms with Gasteiger partial charge in [0.25, 0.3) is 0 Å². The summed E-state index contributed by atoms with van der Waals surface area (Å²) in [6.45, 7) is 0. The Morgan fingerprint density at radius 1 is 1.33 bits per heavy atom. The standard InChI is InChI=1S/CH2O3.Al.FH/c2-1(3)4;;/h(H2,2,3,4);;1H/q;+3;/p-3. The summed E-state index contributed by atoms with van der Waals surface area (Å²) in [6.07, 6.45) is -2.33. The van der Waals surface area contributed by atoms with Crippen molar-refractivity contribution in [2.24, 2.45) is 0 Å². The van der Waals surface area contributed by atoms with Gasteiger partial charge in [-0.15, -0.1) is 0 Å². The first kappa shape index (κ1) is 17.2.